The number of benzene rings is 2. The van der Waals surface area contributed by atoms with Crippen molar-refractivity contribution in [3.63, 3.8) is 0 Å². The van der Waals surface area contributed by atoms with Crippen LogP contribution in [0, 0.1) is 13.8 Å². The molecular weight excluding hydrogens is 471 g/mol. The molecule has 2 aromatic carbocycles. The molecule has 0 saturated carbocycles. The van der Waals surface area contributed by atoms with Crippen molar-refractivity contribution in [3.8, 4) is 16.9 Å². The minimum atomic E-state index is -4.54. The van der Waals surface area contributed by atoms with Crippen molar-refractivity contribution in [2.75, 3.05) is 5.32 Å². The molecular formula is C25H26F3N7O. The fraction of sp³-hybridized carbons (Fsp3) is 0.280. The Morgan fingerprint density at radius 3 is 2.58 bits per heavy atom. The number of aromatic amines is 1. The molecule has 8 nitrogen and oxygen atoms in total. The van der Waals surface area contributed by atoms with Crippen LogP contribution in [0.2, 0.25) is 0 Å². The van der Waals surface area contributed by atoms with E-state index in [9.17, 15) is 18.0 Å². The van der Waals surface area contributed by atoms with Crippen LogP contribution < -0.4 is 10.6 Å². The molecule has 0 fully saturated rings. The van der Waals surface area contributed by atoms with E-state index in [0.717, 1.165) is 29.0 Å². The minimum Gasteiger partial charge on any atom is -0.322 e. The minimum absolute atomic E-state index is 0.0657. The van der Waals surface area contributed by atoms with Gasteiger partial charge in [0.25, 0.3) is 5.91 Å². The number of anilines is 1. The summed E-state index contributed by atoms with van der Waals surface area (Å²) in [6, 6.07) is 8.63. The molecule has 4 rings (SSSR count). The summed E-state index contributed by atoms with van der Waals surface area (Å²) in [6.07, 6.45) is -1.16. The first-order valence-electron chi connectivity index (χ1n) is 11.3. The first-order chi connectivity index (χ1) is 17.0. The molecule has 0 bridgehead atoms. The van der Waals surface area contributed by atoms with Crippen molar-refractivity contribution in [2.24, 2.45) is 0 Å². The lowest BCUT2D eigenvalue weighted by atomic mass is 10.1. The third kappa shape index (κ3) is 5.62. The molecule has 11 heteroatoms. The summed E-state index contributed by atoms with van der Waals surface area (Å²) >= 11 is 0. The molecule has 36 heavy (non-hydrogen) atoms. The first kappa shape index (κ1) is 25.1. The van der Waals surface area contributed by atoms with E-state index in [4.69, 9.17) is 0 Å². The molecule has 0 aliphatic heterocycles. The Morgan fingerprint density at radius 2 is 1.92 bits per heavy atom. The van der Waals surface area contributed by atoms with Crippen LogP contribution >= 0.6 is 0 Å². The fourth-order valence-corrected chi connectivity index (χ4v) is 3.67. The lowest BCUT2D eigenvalue weighted by Crippen LogP contribution is -2.22. The highest BCUT2D eigenvalue weighted by Crippen LogP contribution is 2.32. The zero-order valence-electron chi connectivity index (χ0n) is 20.2. The zero-order valence-corrected chi connectivity index (χ0v) is 20.2. The molecule has 0 aliphatic carbocycles. The van der Waals surface area contributed by atoms with Crippen LogP contribution in [0.4, 0.5) is 18.9 Å². The standard InChI is InChI=1S/C25H26F3N7O/c1-14(2)29-11-17-7-19(25(26,27)28)10-20(8-17)31-24(36)18-6-5-15(3)23(9-18)35-13-22(33-34-35)21-12-30-32-16(21)4/h5-10,12-14,29H,11H2,1-4H3,(H,30,32)(H,31,36). The second kappa shape index (κ2) is 9.94. The van der Waals surface area contributed by atoms with Crippen molar-refractivity contribution >= 4 is 11.6 Å². The Kier molecular flexibility index (Phi) is 6.93. The van der Waals surface area contributed by atoms with Gasteiger partial charge in [0.2, 0.25) is 0 Å². The largest absolute Gasteiger partial charge is 0.416 e. The molecule has 4 aromatic rings. The van der Waals surface area contributed by atoms with Gasteiger partial charge in [-0.25, -0.2) is 4.68 Å². The summed E-state index contributed by atoms with van der Waals surface area (Å²) in [5.41, 5.74) is 3.65. The van der Waals surface area contributed by atoms with Crippen LogP contribution in [0.3, 0.4) is 0 Å². The maximum Gasteiger partial charge on any atom is 0.416 e. The summed E-state index contributed by atoms with van der Waals surface area (Å²) < 4.78 is 41.9. The molecule has 0 saturated heterocycles. The van der Waals surface area contributed by atoms with Crippen LogP contribution in [-0.2, 0) is 12.7 Å². The van der Waals surface area contributed by atoms with E-state index in [1.807, 2.05) is 27.7 Å². The molecule has 2 aromatic heterocycles. The van der Waals surface area contributed by atoms with E-state index in [-0.39, 0.29) is 23.8 Å². The monoisotopic (exact) mass is 497 g/mol. The molecule has 0 radical (unpaired) electrons. The van der Waals surface area contributed by atoms with Gasteiger partial charge in [-0.3, -0.25) is 9.89 Å². The van der Waals surface area contributed by atoms with E-state index < -0.39 is 17.6 Å². The van der Waals surface area contributed by atoms with Crippen molar-refractivity contribution in [1.29, 1.82) is 0 Å². The summed E-state index contributed by atoms with van der Waals surface area (Å²) in [5, 5.41) is 20.9. The number of nitrogens with one attached hydrogen (secondary N) is 3. The van der Waals surface area contributed by atoms with Gasteiger partial charge in [-0.2, -0.15) is 18.3 Å². The molecule has 2 heterocycles. The molecule has 1 amide bonds. The topological polar surface area (TPSA) is 101 Å². The number of carbonyl (C=O) groups is 1. The summed E-state index contributed by atoms with van der Waals surface area (Å²) in [7, 11) is 0. The zero-order chi connectivity index (χ0) is 26.0. The van der Waals surface area contributed by atoms with Gasteiger partial charge in [0.1, 0.15) is 5.69 Å². The van der Waals surface area contributed by atoms with E-state index in [1.54, 1.807) is 35.3 Å². The number of alkyl halides is 3. The number of aromatic nitrogens is 5. The fourth-order valence-electron chi connectivity index (χ4n) is 3.67. The second-order valence-electron chi connectivity index (χ2n) is 8.86. The SMILES string of the molecule is Cc1ccc(C(=O)Nc2cc(CNC(C)C)cc(C(F)(F)F)c2)cc1-n1cc(-c2cn[nH]c2C)nn1. The Morgan fingerprint density at radius 1 is 1.14 bits per heavy atom. The number of aryl methyl sites for hydroxylation is 2. The predicted molar refractivity (Wildman–Crippen MR) is 130 cm³/mol. The quantitative estimate of drug-likeness (QED) is 0.332. The number of H-pyrrole nitrogens is 1. The van der Waals surface area contributed by atoms with Crippen LogP contribution in [0.5, 0.6) is 0 Å². The summed E-state index contributed by atoms with van der Waals surface area (Å²) in [5.74, 6) is -0.538. The number of rotatable bonds is 7. The van der Waals surface area contributed by atoms with Gasteiger partial charge in [0.15, 0.2) is 0 Å². The number of hydrogen-bond donors (Lipinski definition) is 3. The van der Waals surface area contributed by atoms with Crippen LogP contribution in [0.1, 0.15) is 46.6 Å². The van der Waals surface area contributed by atoms with Gasteiger partial charge in [-0.15, -0.1) is 5.10 Å². The first-order valence-corrected chi connectivity index (χ1v) is 11.3. The maximum atomic E-state index is 13.5. The summed E-state index contributed by atoms with van der Waals surface area (Å²) in [6.45, 7) is 7.78. The van der Waals surface area contributed by atoms with E-state index in [1.165, 1.54) is 6.07 Å². The number of nitrogens with zero attached hydrogens (tertiary/aromatic N) is 4. The molecule has 0 unspecified atom stereocenters. The molecule has 3 N–H and O–H groups in total. The van der Waals surface area contributed by atoms with Gasteiger partial charge >= 0.3 is 6.18 Å². The smallest absolute Gasteiger partial charge is 0.322 e. The highest BCUT2D eigenvalue weighted by molar-refractivity contribution is 6.04. The second-order valence-corrected chi connectivity index (χ2v) is 8.86. The molecule has 0 aliphatic rings. The van der Waals surface area contributed by atoms with Gasteiger partial charge in [-0.1, -0.05) is 25.1 Å². The predicted octanol–water partition coefficient (Wildman–Crippen LogP) is 5.04. The van der Waals surface area contributed by atoms with Crippen LogP contribution in [-0.4, -0.2) is 37.1 Å². The highest BCUT2D eigenvalue weighted by atomic mass is 19.4. The van der Waals surface area contributed by atoms with Crippen molar-refractivity contribution in [3.05, 3.63) is 76.7 Å². The number of halogens is 3. The third-order valence-corrected chi connectivity index (χ3v) is 5.61. The molecule has 188 valence electrons. The van der Waals surface area contributed by atoms with Gasteiger partial charge in [0.05, 0.1) is 23.6 Å². The summed E-state index contributed by atoms with van der Waals surface area (Å²) in [4.78, 5) is 13.0. The average molecular weight is 498 g/mol. The highest BCUT2D eigenvalue weighted by Gasteiger charge is 2.31. The van der Waals surface area contributed by atoms with Crippen molar-refractivity contribution in [1.82, 2.24) is 30.5 Å². The molecule has 0 atom stereocenters. The van der Waals surface area contributed by atoms with E-state index in [2.05, 4.69) is 31.1 Å². The van der Waals surface area contributed by atoms with Crippen LogP contribution in [0.25, 0.3) is 16.9 Å². The lowest BCUT2D eigenvalue weighted by Gasteiger charge is -2.15. The third-order valence-electron chi connectivity index (χ3n) is 5.61. The number of hydrogen-bond acceptors (Lipinski definition) is 5. The Balaban J connectivity index is 1.61. The van der Waals surface area contributed by atoms with Crippen molar-refractivity contribution < 1.29 is 18.0 Å². The lowest BCUT2D eigenvalue weighted by molar-refractivity contribution is -0.137. The molecule has 0 spiro atoms. The van der Waals surface area contributed by atoms with Crippen LogP contribution in [0.15, 0.2) is 48.8 Å². The number of carbonyl (C=O) groups excluding carboxylic acids is 1. The van der Waals surface area contributed by atoms with Gasteiger partial charge in [0, 0.05) is 35.1 Å². The normalized spacial score (nSPS) is 11.8. The Hall–Kier alpha value is -3.99. The Labute approximate surface area is 205 Å². The number of amides is 1. The van der Waals surface area contributed by atoms with Gasteiger partial charge in [-0.05, 0) is 55.3 Å². The van der Waals surface area contributed by atoms with Crippen molar-refractivity contribution in [2.45, 2.75) is 46.5 Å². The van der Waals surface area contributed by atoms with E-state index in [0.29, 0.717) is 16.9 Å². The van der Waals surface area contributed by atoms with E-state index >= 15 is 0 Å². The Bertz CT molecular complexity index is 1390. The average Bonchev–Trinajstić information content (AvgIpc) is 3.46. The maximum absolute atomic E-state index is 13.5. The van der Waals surface area contributed by atoms with Gasteiger partial charge < -0.3 is 10.6 Å².